The second-order valence-corrected chi connectivity index (χ2v) is 6.29. The number of amides is 2. The molecule has 2 aromatic carbocycles. The number of rotatable bonds is 2. The Morgan fingerprint density at radius 3 is 2.29 bits per heavy atom. The highest BCUT2D eigenvalue weighted by Gasteiger charge is 2.34. The Labute approximate surface area is 151 Å². The molecule has 1 N–H and O–H groups in total. The van der Waals surface area contributed by atoms with Gasteiger partial charge in [-0.15, -0.1) is 0 Å². The molecule has 0 spiro atoms. The van der Waals surface area contributed by atoms with Crippen molar-refractivity contribution in [2.24, 2.45) is 0 Å². The summed E-state index contributed by atoms with van der Waals surface area (Å²) in [5.74, 6) is -1.51. The van der Waals surface area contributed by atoms with E-state index in [0.29, 0.717) is 11.3 Å². The minimum Gasteiger partial charge on any atom is -0.298 e. The lowest BCUT2D eigenvalue weighted by Gasteiger charge is -2.28. The van der Waals surface area contributed by atoms with Gasteiger partial charge in [0.1, 0.15) is 11.4 Å². The van der Waals surface area contributed by atoms with E-state index < -0.39 is 17.6 Å². The molecule has 1 aliphatic heterocycles. The zero-order chi connectivity index (χ0) is 17.3. The van der Waals surface area contributed by atoms with Gasteiger partial charge in [0.15, 0.2) is 5.11 Å². The first-order valence-corrected chi connectivity index (χ1v) is 8.08. The fourth-order valence-electron chi connectivity index (χ4n) is 2.21. The maximum atomic E-state index is 13.0. The largest absolute Gasteiger partial charge is 0.298 e. The summed E-state index contributed by atoms with van der Waals surface area (Å²) in [4.78, 5) is 26.1. The van der Waals surface area contributed by atoms with Crippen LogP contribution in [0.3, 0.4) is 0 Å². The molecule has 0 unspecified atom stereocenters. The minimum atomic E-state index is -0.581. The first-order chi connectivity index (χ1) is 11.5. The highest BCUT2D eigenvalue weighted by Crippen LogP contribution is 2.23. The van der Waals surface area contributed by atoms with Gasteiger partial charge in [0, 0.05) is 4.47 Å². The van der Waals surface area contributed by atoms with E-state index in [2.05, 4.69) is 21.2 Å². The van der Waals surface area contributed by atoms with Crippen LogP contribution in [-0.2, 0) is 9.59 Å². The number of carbonyl (C=O) groups excluding carboxylic acids is 2. The van der Waals surface area contributed by atoms with Gasteiger partial charge in [0.05, 0.1) is 5.69 Å². The standard InChI is InChI=1S/C17H10BrFN2O2S/c18-11-3-7-13(8-4-11)21-16(23)14(15(22)20-17(21)24)9-10-1-5-12(19)6-2-10/h1-9H,(H,20,22,24)/b14-9+. The molecule has 24 heavy (non-hydrogen) atoms. The molecule has 120 valence electrons. The van der Waals surface area contributed by atoms with Gasteiger partial charge in [-0.1, -0.05) is 28.1 Å². The first kappa shape index (κ1) is 16.5. The van der Waals surface area contributed by atoms with Crippen molar-refractivity contribution in [2.45, 2.75) is 0 Å². The zero-order valence-electron chi connectivity index (χ0n) is 12.1. The van der Waals surface area contributed by atoms with Gasteiger partial charge in [0.25, 0.3) is 11.8 Å². The van der Waals surface area contributed by atoms with E-state index in [4.69, 9.17) is 12.2 Å². The third kappa shape index (κ3) is 3.27. The van der Waals surface area contributed by atoms with Gasteiger partial charge in [-0.05, 0) is 60.3 Å². The second kappa shape index (κ2) is 6.62. The molecule has 0 aromatic heterocycles. The van der Waals surface area contributed by atoms with Crippen molar-refractivity contribution in [3.63, 3.8) is 0 Å². The van der Waals surface area contributed by atoms with Gasteiger partial charge in [-0.25, -0.2) is 4.39 Å². The third-order valence-corrected chi connectivity index (χ3v) is 4.18. The van der Waals surface area contributed by atoms with E-state index in [1.165, 1.54) is 35.2 Å². The zero-order valence-corrected chi connectivity index (χ0v) is 14.5. The molecule has 2 amide bonds. The van der Waals surface area contributed by atoms with Gasteiger partial charge in [0.2, 0.25) is 0 Å². The van der Waals surface area contributed by atoms with Gasteiger partial charge < -0.3 is 0 Å². The predicted octanol–water partition coefficient (Wildman–Crippen LogP) is 3.42. The van der Waals surface area contributed by atoms with E-state index in [-0.39, 0.29) is 10.7 Å². The Hall–Kier alpha value is -2.38. The van der Waals surface area contributed by atoms with Crippen molar-refractivity contribution in [2.75, 3.05) is 4.90 Å². The Kier molecular flexibility index (Phi) is 4.55. The maximum Gasteiger partial charge on any atom is 0.270 e. The van der Waals surface area contributed by atoms with Crippen molar-refractivity contribution in [3.8, 4) is 0 Å². The van der Waals surface area contributed by atoms with E-state index >= 15 is 0 Å². The summed E-state index contributed by atoms with van der Waals surface area (Å²) in [7, 11) is 0. The van der Waals surface area contributed by atoms with Gasteiger partial charge in [-0.2, -0.15) is 0 Å². The van der Waals surface area contributed by atoms with Crippen molar-refractivity contribution in [3.05, 3.63) is 70.0 Å². The molecule has 1 aliphatic rings. The van der Waals surface area contributed by atoms with Crippen LogP contribution in [0.5, 0.6) is 0 Å². The van der Waals surface area contributed by atoms with Crippen LogP contribution in [-0.4, -0.2) is 16.9 Å². The lowest BCUT2D eigenvalue weighted by Crippen LogP contribution is -2.54. The third-order valence-electron chi connectivity index (χ3n) is 3.37. The summed E-state index contributed by atoms with van der Waals surface area (Å²) < 4.78 is 13.8. The first-order valence-electron chi connectivity index (χ1n) is 6.88. The number of nitrogens with one attached hydrogen (secondary N) is 1. The normalized spacial score (nSPS) is 16.5. The van der Waals surface area contributed by atoms with Crippen LogP contribution < -0.4 is 10.2 Å². The summed E-state index contributed by atoms with van der Waals surface area (Å²) >= 11 is 8.44. The SMILES string of the molecule is O=C1NC(=S)N(c2ccc(Br)cc2)C(=O)/C1=C/c1ccc(F)cc1. The molecule has 4 nitrogen and oxygen atoms in total. The number of hydrogen-bond acceptors (Lipinski definition) is 3. The highest BCUT2D eigenvalue weighted by molar-refractivity contribution is 9.10. The van der Waals surface area contributed by atoms with Crippen molar-refractivity contribution < 1.29 is 14.0 Å². The van der Waals surface area contributed by atoms with Crippen LogP contribution in [0.4, 0.5) is 10.1 Å². The number of nitrogens with zero attached hydrogens (tertiary/aromatic N) is 1. The highest BCUT2D eigenvalue weighted by atomic mass is 79.9. The molecular weight excluding hydrogens is 395 g/mol. The quantitative estimate of drug-likeness (QED) is 0.473. The average Bonchev–Trinajstić information content (AvgIpc) is 2.55. The number of carbonyl (C=O) groups is 2. The fraction of sp³-hybridized carbons (Fsp3) is 0. The van der Waals surface area contributed by atoms with Crippen LogP contribution >= 0.6 is 28.1 Å². The molecule has 2 aromatic rings. The second-order valence-electron chi connectivity index (χ2n) is 4.99. The Morgan fingerprint density at radius 1 is 1.04 bits per heavy atom. The maximum absolute atomic E-state index is 13.0. The average molecular weight is 405 g/mol. The fourth-order valence-corrected chi connectivity index (χ4v) is 2.75. The number of anilines is 1. The summed E-state index contributed by atoms with van der Waals surface area (Å²) in [5, 5.41) is 2.52. The molecule has 7 heteroatoms. The molecule has 0 saturated carbocycles. The van der Waals surface area contributed by atoms with Crippen LogP contribution in [0.2, 0.25) is 0 Å². The minimum absolute atomic E-state index is 0.0172. The summed E-state index contributed by atoms with van der Waals surface area (Å²) in [6, 6.07) is 12.4. The number of hydrogen-bond donors (Lipinski definition) is 1. The molecule has 3 rings (SSSR count). The molecule has 1 saturated heterocycles. The monoisotopic (exact) mass is 404 g/mol. The van der Waals surface area contributed by atoms with Crippen LogP contribution in [0.25, 0.3) is 6.08 Å². The summed E-state index contributed by atoms with van der Waals surface area (Å²) in [6.07, 6.45) is 1.41. The molecule has 0 atom stereocenters. The number of thiocarbonyl (C=S) groups is 1. The van der Waals surface area contributed by atoms with Gasteiger partial charge >= 0.3 is 0 Å². The van der Waals surface area contributed by atoms with Crippen LogP contribution in [0.1, 0.15) is 5.56 Å². The number of benzene rings is 2. The Balaban J connectivity index is 1.99. The van der Waals surface area contributed by atoms with E-state index in [0.717, 1.165) is 4.47 Å². The van der Waals surface area contributed by atoms with E-state index in [1.807, 2.05) is 0 Å². The van der Waals surface area contributed by atoms with Crippen molar-refractivity contribution in [1.82, 2.24) is 5.32 Å². The van der Waals surface area contributed by atoms with Crippen molar-refractivity contribution >= 4 is 56.8 Å². The molecule has 1 heterocycles. The molecule has 0 radical (unpaired) electrons. The smallest absolute Gasteiger partial charge is 0.270 e. The molecule has 1 fully saturated rings. The topological polar surface area (TPSA) is 49.4 Å². The molecular formula is C17H10BrFN2O2S. The Bertz CT molecular complexity index is 863. The van der Waals surface area contributed by atoms with E-state index in [9.17, 15) is 14.0 Å². The van der Waals surface area contributed by atoms with Crippen LogP contribution in [0.15, 0.2) is 58.6 Å². The Morgan fingerprint density at radius 2 is 1.67 bits per heavy atom. The lowest BCUT2D eigenvalue weighted by molar-refractivity contribution is -0.122. The van der Waals surface area contributed by atoms with E-state index in [1.54, 1.807) is 24.3 Å². The van der Waals surface area contributed by atoms with Gasteiger partial charge in [-0.3, -0.25) is 19.8 Å². The molecule has 0 bridgehead atoms. The number of halogens is 2. The predicted molar refractivity (Wildman–Crippen MR) is 96.7 cm³/mol. The lowest BCUT2D eigenvalue weighted by atomic mass is 10.1. The molecule has 0 aliphatic carbocycles. The summed E-state index contributed by atoms with van der Waals surface area (Å²) in [5.41, 5.74) is 1.01. The van der Waals surface area contributed by atoms with Crippen LogP contribution in [0, 0.1) is 5.82 Å². The van der Waals surface area contributed by atoms with Crippen molar-refractivity contribution in [1.29, 1.82) is 0 Å². The summed E-state index contributed by atoms with van der Waals surface area (Å²) in [6.45, 7) is 0.